The fourth-order valence-electron chi connectivity index (χ4n) is 1.24. The molecule has 7 heteroatoms. The van der Waals surface area contributed by atoms with Crippen LogP contribution in [-0.2, 0) is 0 Å². The van der Waals surface area contributed by atoms with Gasteiger partial charge in [-0.05, 0) is 13.0 Å². The minimum absolute atomic E-state index is 0.0156. The van der Waals surface area contributed by atoms with Crippen molar-refractivity contribution < 1.29 is 14.1 Å². The van der Waals surface area contributed by atoms with Crippen molar-refractivity contribution in [3.63, 3.8) is 0 Å². The molecule has 86 valence electrons. The number of nitrogens with one attached hydrogen (secondary N) is 1. The number of carbonyl (C=O) groups is 1. The summed E-state index contributed by atoms with van der Waals surface area (Å²) >= 11 is 0. The van der Waals surface area contributed by atoms with Crippen LogP contribution in [0.5, 0.6) is 0 Å². The third kappa shape index (κ3) is 2.25. The highest BCUT2D eigenvalue weighted by atomic mass is 19.1. The molecule has 0 aromatic heterocycles. The van der Waals surface area contributed by atoms with Crippen molar-refractivity contribution in [1.82, 2.24) is 0 Å². The Morgan fingerprint density at radius 3 is 2.69 bits per heavy atom. The molecule has 0 heterocycles. The SMILES string of the molecule is CCNc1cc(C(N)=O)c([N+](=O)[O-])cc1F. The lowest BCUT2D eigenvalue weighted by atomic mass is 10.1. The molecular formula is C9H10FN3O3. The molecule has 0 radical (unpaired) electrons. The number of nitrogens with zero attached hydrogens (tertiary/aromatic N) is 1. The van der Waals surface area contributed by atoms with E-state index in [0.717, 1.165) is 6.07 Å². The van der Waals surface area contributed by atoms with Gasteiger partial charge in [-0.15, -0.1) is 0 Å². The molecular weight excluding hydrogens is 217 g/mol. The van der Waals surface area contributed by atoms with Gasteiger partial charge >= 0.3 is 0 Å². The van der Waals surface area contributed by atoms with Crippen molar-refractivity contribution >= 4 is 17.3 Å². The number of nitro benzene ring substituents is 1. The van der Waals surface area contributed by atoms with E-state index in [1.807, 2.05) is 0 Å². The van der Waals surface area contributed by atoms with Crippen molar-refractivity contribution in [3.8, 4) is 0 Å². The molecule has 6 nitrogen and oxygen atoms in total. The van der Waals surface area contributed by atoms with E-state index >= 15 is 0 Å². The number of rotatable bonds is 4. The maximum atomic E-state index is 13.3. The van der Waals surface area contributed by atoms with Gasteiger partial charge in [0.25, 0.3) is 11.6 Å². The van der Waals surface area contributed by atoms with Gasteiger partial charge in [0.05, 0.1) is 16.7 Å². The molecule has 0 saturated heterocycles. The van der Waals surface area contributed by atoms with Gasteiger partial charge in [0, 0.05) is 6.54 Å². The topological polar surface area (TPSA) is 98.3 Å². The van der Waals surface area contributed by atoms with E-state index < -0.39 is 22.3 Å². The first kappa shape index (κ1) is 11.9. The third-order valence-corrected chi connectivity index (χ3v) is 1.91. The Kier molecular flexibility index (Phi) is 3.39. The van der Waals surface area contributed by atoms with Crippen LogP contribution in [0.25, 0.3) is 0 Å². The molecule has 1 aromatic carbocycles. The first-order valence-electron chi connectivity index (χ1n) is 4.49. The summed E-state index contributed by atoms with van der Waals surface area (Å²) in [6, 6.07) is 1.72. The number of hydrogen-bond donors (Lipinski definition) is 2. The molecule has 1 rings (SSSR count). The predicted octanol–water partition coefficient (Wildman–Crippen LogP) is 1.26. The van der Waals surface area contributed by atoms with Crippen LogP contribution in [0, 0.1) is 15.9 Å². The normalized spacial score (nSPS) is 9.88. The molecule has 0 spiro atoms. The quantitative estimate of drug-likeness (QED) is 0.597. The lowest BCUT2D eigenvalue weighted by Crippen LogP contribution is -2.14. The van der Waals surface area contributed by atoms with Crippen molar-refractivity contribution in [3.05, 3.63) is 33.6 Å². The number of anilines is 1. The fourth-order valence-corrected chi connectivity index (χ4v) is 1.24. The zero-order valence-corrected chi connectivity index (χ0v) is 8.49. The number of primary amides is 1. The van der Waals surface area contributed by atoms with Crippen LogP contribution >= 0.6 is 0 Å². The lowest BCUT2D eigenvalue weighted by molar-refractivity contribution is -0.385. The van der Waals surface area contributed by atoms with Crippen molar-refractivity contribution in [2.75, 3.05) is 11.9 Å². The molecule has 3 N–H and O–H groups in total. The minimum Gasteiger partial charge on any atom is -0.383 e. The molecule has 0 saturated carbocycles. The summed E-state index contributed by atoms with van der Waals surface area (Å²) < 4.78 is 13.3. The number of nitrogens with two attached hydrogens (primary N) is 1. The first-order valence-corrected chi connectivity index (χ1v) is 4.49. The smallest absolute Gasteiger partial charge is 0.285 e. The average Bonchev–Trinajstić information content (AvgIpc) is 2.20. The molecule has 1 aromatic rings. The van der Waals surface area contributed by atoms with Gasteiger partial charge in [0.15, 0.2) is 5.82 Å². The van der Waals surface area contributed by atoms with E-state index in [-0.39, 0.29) is 11.3 Å². The van der Waals surface area contributed by atoms with Crippen molar-refractivity contribution in [2.45, 2.75) is 6.92 Å². The van der Waals surface area contributed by atoms with Crippen molar-refractivity contribution in [2.24, 2.45) is 5.73 Å². The Bertz CT molecular complexity index is 448. The van der Waals surface area contributed by atoms with Gasteiger partial charge in [-0.25, -0.2) is 4.39 Å². The number of hydrogen-bond acceptors (Lipinski definition) is 4. The van der Waals surface area contributed by atoms with Crippen molar-refractivity contribution in [1.29, 1.82) is 0 Å². The summed E-state index contributed by atoms with van der Waals surface area (Å²) in [5, 5.41) is 13.2. The van der Waals surface area contributed by atoms with E-state index in [0.29, 0.717) is 12.6 Å². The zero-order chi connectivity index (χ0) is 12.3. The molecule has 0 aliphatic carbocycles. The summed E-state index contributed by atoms with van der Waals surface area (Å²) in [6.45, 7) is 2.15. The predicted molar refractivity (Wildman–Crippen MR) is 55.7 cm³/mol. The maximum absolute atomic E-state index is 13.3. The van der Waals surface area contributed by atoms with Gasteiger partial charge in [-0.1, -0.05) is 0 Å². The van der Waals surface area contributed by atoms with Gasteiger partial charge < -0.3 is 11.1 Å². The molecule has 0 bridgehead atoms. The van der Waals surface area contributed by atoms with E-state index in [9.17, 15) is 19.3 Å². The summed E-state index contributed by atoms with van der Waals surface area (Å²) in [4.78, 5) is 20.7. The second-order valence-electron chi connectivity index (χ2n) is 3.00. The molecule has 0 fully saturated rings. The summed E-state index contributed by atoms with van der Waals surface area (Å²) in [6.07, 6.45) is 0. The van der Waals surface area contributed by atoms with Crippen LogP contribution in [0.1, 0.15) is 17.3 Å². The highest BCUT2D eigenvalue weighted by Gasteiger charge is 2.21. The van der Waals surface area contributed by atoms with Gasteiger partial charge in [-0.2, -0.15) is 0 Å². The fraction of sp³-hybridized carbons (Fsp3) is 0.222. The lowest BCUT2D eigenvalue weighted by Gasteiger charge is -2.06. The van der Waals surface area contributed by atoms with E-state index in [1.165, 1.54) is 0 Å². The standard InChI is InChI=1S/C9H10FN3O3/c1-2-12-7-3-5(9(11)14)8(13(15)16)4-6(7)10/h3-4,12H,2H2,1H3,(H2,11,14). The summed E-state index contributed by atoms with van der Waals surface area (Å²) in [7, 11) is 0. The maximum Gasteiger partial charge on any atom is 0.285 e. The third-order valence-electron chi connectivity index (χ3n) is 1.91. The monoisotopic (exact) mass is 227 g/mol. The Balaban J connectivity index is 3.37. The number of nitro groups is 1. The van der Waals surface area contributed by atoms with Crippen LogP contribution in [-0.4, -0.2) is 17.4 Å². The van der Waals surface area contributed by atoms with Crippen LogP contribution in [0.3, 0.4) is 0 Å². The van der Waals surface area contributed by atoms with E-state index in [1.54, 1.807) is 6.92 Å². The van der Waals surface area contributed by atoms with Gasteiger partial charge in [0.1, 0.15) is 5.56 Å². The Morgan fingerprint density at radius 1 is 1.62 bits per heavy atom. The molecule has 1 amide bonds. The number of benzene rings is 1. The minimum atomic E-state index is -0.967. The van der Waals surface area contributed by atoms with E-state index in [4.69, 9.17) is 5.73 Å². The molecule has 0 atom stereocenters. The van der Waals surface area contributed by atoms with Gasteiger partial charge in [-0.3, -0.25) is 14.9 Å². The zero-order valence-electron chi connectivity index (χ0n) is 8.49. The number of halogens is 1. The average molecular weight is 227 g/mol. The van der Waals surface area contributed by atoms with Crippen LogP contribution < -0.4 is 11.1 Å². The highest BCUT2D eigenvalue weighted by molar-refractivity contribution is 5.98. The van der Waals surface area contributed by atoms with E-state index in [2.05, 4.69) is 5.32 Å². The van der Waals surface area contributed by atoms with Crippen LogP contribution in [0.4, 0.5) is 15.8 Å². The first-order chi connectivity index (χ1) is 7.47. The molecule has 16 heavy (non-hydrogen) atoms. The Labute approximate surface area is 90.4 Å². The molecule has 0 unspecified atom stereocenters. The largest absolute Gasteiger partial charge is 0.383 e. The number of amides is 1. The summed E-state index contributed by atoms with van der Waals surface area (Å²) in [5.74, 6) is -1.76. The molecule has 0 aliphatic rings. The molecule has 0 aliphatic heterocycles. The number of carbonyl (C=O) groups excluding carboxylic acids is 1. The second kappa shape index (κ2) is 4.56. The van der Waals surface area contributed by atoms with Crippen LogP contribution in [0.2, 0.25) is 0 Å². The Morgan fingerprint density at radius 2 is 2.25 bits per heavy atom. The van der Waals surface area contributed by atoms with Crippen LogP contribution in [0.15, 0.2) is 12.1 Å². The highest BCUT2D eigenvalue weighted by Crippen LogP contribution is 2.25. The summed E-state index contributed by atoms with van der Waals surface area (Å²) in [5.41, 5.74) is 4.04. The second-order valence-corrected chi connectivity index (χ2v) is 3.00. The Hall–Kier alpha value is -2.18. The van der Waals surface area contributed by atoms with Gasteiger partial charge in [0.2, 0.25) is 0 Å².